The summed E-state index contributed by atoms with van der Waals surface area (Å²) < 4.78 is 68.8. The number of rotatable bonds is 10. The average Bonchev–Trinajstić information content (AvgIpc) is 3.15. The molecular formula is C36H30CaN6O12S2+2. The van der Waals surface area contributed by atoms with Gasteiger partial charge in [0.2, 0.25) is 0 Å². The third-order valence-corrected chi connectivity index (χ3v) is 10.1. The van der Waals surface area contributed by atoms with Crippen molar-refractivity contribution in [3.05, 3.63) is 118 Å². The van der Waals surface area contributed by atoms with Crippen LogP contribution in [0.2, 0.25) is 0 Å². The Morgan fingerprint density at radius 2 is 0.912 bits per heavy atom. The van der Waals surface area contributed by atoms with Gasteiger partial charge in [0.05, 0.1) is 19.6 Å². The predicted molar refractivity (Wildman–Crippen MR) is 203 cm³/mol. The van der Waals surface area contributed by atoms with Crippen molar-refractivity contribution < 1.29 is 56.4 Å². The summed E-state index contributed by atoms with van der Waals surface area (Å²) in [6, 6.07) is 22.1. The molecule has 0 atom stereocenters. The number of nitrogens with zero attached hydrogens (tertiary/aromatic N) is 6. The van der Waals surface area contributed by atoms with Gasteiger partial charge in [-0.3, -0.25) is 0 Å². The largest absolute Gasteiger partial charge is 2.00 e. The number of hydrogen-bond acceptors (Lipinski definition) is 14. The van der Waals surface area contributed by atoms with Crippen molar-refractivity contribution in [2.45, 2.75) is 36.5 Å². The maximum absolute atomic E-state index is 11.5. The van der Waals surface area contributed by atoms with Crippen LogP contribution in [-0.4, -0.2) is 94.2 Å². The molecule has 288 valence electrons. The molecule has 4 N–H and O–H groups in total. The summed E-state index contributed by atoms with van der Waals surface area (Å²) in [5.41, 5.74) is 1.33. The number of aryl methyl sites for hydroxylation is 2. The van der Waals surface area contributed by atoms with Crippen molar-refractivity contribution in [1.82, 2.24) is 0 Å². The fourth-order valence-corrected chi connectivity index (χ4v) is 6.90. The van der Waals surface area contributed by atoms with Crippen molar-refractivity contribution in [1.29, 1.82) is 0 Å². The topological polar surface area (TPSA) is 285 Å². The number of phenolic OH excluding ortho intramolecular Hbond substituents is 2. The molecule has 6 aromatic carbocycles. The third kappa shape index (κ3) is 10.1. The van der Waals surface area contributed by atoms with Crippen LogP contribution in [0.5, 0.6) is 11.5 Å². The van der Waals surface area contributed by atoms with Gasteiger partial charge >= 0.3 is 49.1 Å². The van der Waals surface area contributed by atoms with E-state index in [9.17, 15) is 56.4 Å². The summed E-state index contributed by atoms with van der Waals surface area (Å²) in [4.78, 5) is 21.1. The van der Waals surface area contributed by atoms with Gasteiger partial charge in [0.15, 0.2) is 11.4 Å². The Hall–Kier alpha value is -5.48. The van der Waals surface area contributed by atoms with Gasteiger partial charge in [0, 0.05) is 33.7 Å². The molecule has 21 heteroatoms. The molecule has 57 heavy (non-hydrogen) atoms. The first-order valence-corrected chi connectivity index (χ1v) is 19.1. The van der Waals surface area contributed by atoms with Gasteiger partial charge in [-0.25, -0.2) is 27.3 Å². The first-order chi connectivity index (χ1) is 26.4. The van der Waals surface area contributed by atoms with E-state index in [1.807, 2.05) is 13.8 Å². The molecule has 0 spiro atoms. The molecule has 0 radical (unpaired) electrons. The van der Waals surface area contributed by atoms with Crippen LogP contribution in [0.15, 0.2) is 127 Å². The van der Waals surface area contributed by atoms with Crippen LogP contribution in [0, 0.1) is 9.81 Å². The average molecular weight is 843 g/mol. The first kappa shape index (κ1) is 44.2. The smallest absolute Gasteiger partial charge is 0.744 e. The molecule has 0 aliphatic heterocycles. The minimum absolute atomic E-state index is 0. The Morgan fingerprint density at radius 3 is 1.23 bits per heavy atom. The Balaban J connectivity index is 0.000000248. The second-order valence-electron chi connectivity index (χ2n) is 11.8. The predicted octanol–water partition coefficient (Wildman–Crippen LogP) is 8.07. The van der Waals surface area contributed by atoms with Gasteiger partial charge in [-0.1, -0.05) is 50.2 Å². The van der Waals surface area contributed by atoms with Crippen LogP contribution in [0.3, 0.4) is 0 Å². The second kappa shape index (κ2) is 18.2. The molecule has 0 aliphatic rings. The van der Waals surface area contributed by atoms with Crippen LogP contribution in [0.25, 0.3) is 21.5 Å². The SMILES string of the molecule is CCc1ccc([N+](=O)O)c(N=Nc2c(O)ccc3c(S(=O)(=O)[O-])cccc23)c1.CCc1ccc([N+](=O)O)c(N=Nc2c(O)ccc3c(S(=O)(=O)[O-])cccc23)c1.[Ca+2]. The van der Waals surface area contributed by atoms with Gasteiger partial charge in [-0.15, -0.1) is 20.5 Å². The fraction of sp³-hybridized carbons (Fsp3) is 0.111. The Kier molecular flexibility index (Phi) is 14.1. The Morgan fingerprint density at radius 1 is 0.544 bits per heavy atom. The summed E-state index contributed by atoms with van der Waals surface area (Å²) in [5, 5.41) is 55.1. The van der Waals surface area contributed by atoms with E-state index in [1.165, 1.54) is 60.7 Å². The number of aromatic hydroxyl groups is 2. The van der Waals surface area contributed by atoms with Crippen LogP contribution in [0.1, 0.15) is 25.0 Å². The van der Waals surface area contributed by atoms with Gasteiger partial charge in [-0.2, -0.15) is 0 Å². The zero-order valence-electron chi connectivity index (χ0n) is 29.9. The van der Waals surface area contributed by atoms with Gasteiger partial charge < -0.3 is 19.3 Å². The summed E-state index contributed by atoms with van der Waals surface area (Å²) in [7, 11) is -9.48. The molecule has 0 saturated heterocycles. The van der Waals surface area contributed by atoms with E-state index in [1.54, 1.807) is 24.3 Å². The molecular weight excluding hydrogens is 813 g/mol. The normalized spacial score (nSPS) is 11.7. The zero-order chi connectivity index (χ0) is 40.9. The molecule has 18 nitrogen and oxygen atoms in total. The third-order valence-electron chi connectivity index (χ3n) is 8.31. The van der Waals surface area contributed by atoms with Crippen LogP contribution in [0.4, 0.5) is 34.1 Å². The molecule has 6 rings (SSSR count). The van der Waals surface area contributed by atoms with Crippen LogP contribution in [-0.2, 0) is 33.1 Å². The van der Waals surface area contributed by atoms with Crippen LogP contribution < -0.4 is 0 Å². The van der Waals surface area contributed by atoms with E-state index in [0.29, 0.717) is 12.8 Å². The summed E-state index contributed by atoms with van der Waals surface area (Å²) in [6.45, 7) is 3.79. The van der Waals surface area contributed by atoms with Crippen molar-refractivity contribution in [2.24, 2.45) is 20.5 Å². The molecule has 0 amide bonds. The molecule has 0 heterocycles. The van der Waals surface area contributed by atoms with E-state index in [0.717, 1.165) is 23.3 Å². The Labute approximate surface area is 354 Å². The van der Waals surface area contributed by atoms with Crippen molar-refractivity contribution in [3.8, 4) is 11.5 Å². The zero-order valence-corrected chi connectivity index (χ0v) is 33.8. The maximum atomic E-state index is 11.5. The second-order valence-corrected chi connectivity index (χ2v) is 14.5. The quantitative estimate of drug-likeness (QED) is 0.0441. The van der Waals surface area contributed by atoms with E-state index >= 15 is 0 Å². The minimum Gasteiger partial charge on any atom is -0.744 e. The van der Waals surface area contributed by atoms with Gasteiger partial charge in [0.25, 0.3) is 9.85 Å². The monoisotopic (exact) mass is 842 g/mol. The molecule has 0 unspecified atom stereocenters. The summed E-state index contributed by atoms with van der Waals surface area (Å²) in [5.74, 6) is -0.597. The van der Waals surface area contributed by atoms with Gasteiger partial charge in [-0.05, 0) is 72.5 Å². The van der Waals surface area contributed by atoms with Crippen molar-refractivity contribution in [2.75, 3.05) is 0 Å². The fourth-order valence-electron chi connectivity index (χ4n) is 5.52. The minimum atomic E-state index is -4.74. The molecule has 0 saturated carbocycles. The summed E-state index contributed by atoms with van der Waals surface area (Å²) in [6.07, 6.45) is 1.30. The first-order valence-electron chi connectivity index (χ1n) is 16.3. The molecule has 0 bridgehead atoms. The van der Waals surface area contributed by atoms with Crippen molar-refractivity contribution in [3.63, 3.8) is 0 Å². The number of phenols is 2. The molecule has 0 fully saturated rings. The number of hydrogen-bond donors (Lipinski definition) is 4. The Bertz CT molecular complexity index is 2640. The number of fused-ring (bicyclic) bond motifs is 2. The van der Waals surface area contributed by atoms with Crippen molar-refractivity contribution >= 4 is 114 Å². The molecule has 6 aromatic rings. The number of azo groups is 2. The van der Waals surface area contributed by atoms with E-state index in [-0.39, 0.29) is 115 Å². The molecule has 0 aromatic heterocycles. The molecule has 0 aliphatic carbocycles. The van der Waals surface area contributed by atoms with E-state index in [2.05, 4.69) is 20.5 Å². The standard InChI is InChI=1S/2C18H15N3O6S.Ca/c2*1-2-11-6-8-15(21(23)24)14(10-11)19-20-18-13-4-3-5-17(28(25,26)27)12(13)7-9-16(18)22;/h2*3-10H,2H2,1H3,(H2-,19,22,23,24,25,26,27);/q;;+2. The van der Waals surface area contributed by atoms with E-state index < -0.39 is 30.0 Å². The van der Waals surface area contributed by atoms with Gasteiger partial charge in [0.1, 0.15) is 43.1 Å². The van der Waals surface area contributed by atoms with E-state index in [4.69, 9.17) is 0 Å². The van der Waals surface area contributed by atoms with Crippen LogP contribution >= 0.6 is 0 Å². The maximum Gasteiger partial charge on any atom is 2.00 e. The number of benzene rings is 6. The summed E-state index contributed by atoms with van der Waals surface area (Å²) >= 11 is 0.